The minimum Gasteiger partial charge on any atom is -0.508 e. The van der Waals surface area contributed by atoms with E-state index in [1.165, 1.54) is 11.3 Å². The number of rotatable bonds is 2. The van der Waals surface area contributed by atoms with Crippen LogP contribution in [-0.2, 0) is 12.8 Å². The van der Waals surface area contributed by atoms with Gasteiger partial charge in [0.15, 0.2) is 0 Å². The minimum atomic E-state index is 0.256. The zero-order chi connectivity index (χ0) is 15.1. The van der Waals surface area contributed by atoms with Gasteiger partial charge < -0.3 is 10.2 Å². The highest BCUT2D eigenvalue weighted by molar-refractivity contribution is 5.66. The van der Waals surface area contributed by atoms with E-state index in [-0.39, 0.29) is 11.5 Å². The maximum Gasteiger partial charge on any atom is 0.115 e. The molecule has 4 nitrogen and oxygen atoms in total. The molecule has 3 aromatic rings. The third-order valence-electron chi connectivity index (χ3n) is 4.17. The molecule has 110 valence electrons. The molecule has 0 atom stereocenters. The van der Waals surface area contributed by atoms with Crippen LogP contribution >= 0.6 is 0 Å². The second-order valence-electron chi connectivity index (χ2n) is 5.60. The van der Waals surface area contributed by atoms with Crippen molar-refractivity contribution in [2.75, 3.05) is 0 Å². The van der Waals surface area contributed by atoms with Crippen molar-refractivity contribution in [3.05, 3.63) is 59.8 Å². The third-order valence-corrected chi connectivity index (χ3v) is 4.17. The van der Waals surface area contributed by atoms with Crippen LogP contribution in [0.4, 0.5) is 0 Å². The van der Waals surface area contributed by atoms with Crippen LogP contribution in [-0.4, -0.2) is 20.0 Å². The normalized spacial score (nSPS) is 13.3. The van der Waals surface area contributed by atoms with Crippen LogP contribution in [0.5, 0.6) is 11.5 Å². The summed E-state index contributed by atoms with van der Waals surface area (Å²) in [6.07, 6.45) is 3.18. The first-order chi connectivity index (χ1) is 10.7. The Morgan fingerprint density at radius 1 is 0.818 bits per heavy atom. The van der Waals surface area contributed by atoms with E-state index in [4.69, 9.17) is 5.10 Å². The highest BCUT2D eigenvalue weighted by Crippen LogP contribution is 2.34. The minimum absolute atomic E-state index is 0.256. The van der Waals surface area contributed by atoms with E-state index in [1.807, 2.05) is 28.9 Å². The SMILES string of the molecule is Oc1ccc(-c2nn(-c3ccc(O)cc3)c3c2CCC3)cc1. The molecule has 1 aromatic heterocycles. The molecule has 1 heterocycles. The molecule has 0 saturated carbocycles. The van der Waals surface area contributed by atoms with Crippen molar-refractivity contribution in [1.82, 2.24) is 9.78 Å². The van der Waals surface area contributed by atoms with Crippen LogP contribution in [0.3, 0.4) is 0 Å². The summed E-state index contributed by atoms with van der Waals surface area (Å²) in [6, 6.07) is 14.3. The van der Waals surface area contributed by atoms with Crippen molar-refractivity contribution >= 4 is 0 Å². The molecular formula is C18H16N2O2. The van der Waals surface area contributed by atoms with Gasteiger partial charge >= 0.3 is 0 Å². The van der Waals surface area contributed by atoms with E-state index in [9.17, 15) is 10.2 Å². The highest BCUT2D eigenvalue weighted by Gasteiger charge is 2.23. The average Bonchev–Trinajstić information content (AvgIpc) is 3.12. The number of hydrogen-bond donors (Lipinski definition) is 2. The first-order valence-electron chi connectivity index (χ1n) is 7.42. The molecular weight excluding hydrogens is 276 g/mol. The maximum atomic E-state index is 9.46. The lowest BCUT2D eigenvalue weighted by Crippen LogP contribution is -2.00. The fraction of sp³-hybridized carbons (Fsp3) is 0.167. The van der Waals surface area contributed by atoms with E-state index < -0.39 is 0 Å². The topological polar surface area (TPSA) is 58.3 Å². The second-order valence-corrected chi connectivity index (χ2v) is 5.60. The Balaban J connectivity index is 1.86. The number of hydrogen-bond acceptors (Lipinski definition) is 3. The molecule has 22 heavy (non-hydrogen) atoms. The lowest BCUT2D eigenvalue weighted by atomic mass is 10.1. The van der Waals surface area contributed by atoms with Crippen LogP contribution in [0, 0.1) is 0 Å². The van der Waals surface area contributed by atoms with Gasteiger partial charge in [0.05, 0.1) is 11.4 Å². The van der Waals surface area contributed by atoms with Gasteiger partial charge in [-0.3, -0.25) is 0 Å². The van der Waals surface area contributed by atoms with Crippen molar-refractivity contribution < 1.29 is 10.2 Å². The molecule has 0 aliphatic heterocycles. The van der Waals surface area contributed by atoms with Gasteiger partial charge in [-0.1, -0.05) is 0 Å². The van der Waals surface area contributed by atoms with Crippen molar-refractivity contribution in [2.24, 2.45) is 0 Å². The molecule has 0 bridgehead atoms. The van der Waals surface area contributed by atoms with Crippen LogP contribution in [0.15, 0.2) is 48.5 Å². The van der Waals surface area contributed by atoms with Gasteiger partial charge in [-0.25, -0.2) is 4.68 Å². The van der Waals surface area contributed by atoms with Crippen LogP contribution < -0.4 is 0 Å². The first-order valence-corrected chi connectivity index (χ1v) is 7.42. The Morgan fingerprint density at radius 2 is 1.45 bits per heavy atom. The molecule has 4 heteroatoms. The average molecular weight is 292 g/mol. The van der Waals surface area contributed by atoms with Gasteiger partial charge in [0.1, 0.15) is 11.5 Å². The van der Waals surface area contributed by atoms with Gasteiger partial charge in [-0.2, -0.15) is 5.10 Å². The molecule has 0 radical (unpaired) electrons. The summed E-state index contributed by atoms with van der Waals surface area (Å²) in [5, 5.41) is 23.7. The summed E-state index contributed by atoms with van der Waals surface area (Å²) in [5.74, 6) is 0.518. The van der Waals surface area contributed by atoms with Crippen LogP contribution in [0.1, 0.15) is 17.7 Å². The molecule has 0 amide bonds. The lowest BCUT2D eigenvalue weighted by Gasteiger charge is -2.05. The van der Waals surface area contributed by atoms with Gasteiger partial charge in [0.2, 0.25) is 0 Å². The van der Waals surface area contributed by atoms with E-state index in [1.54, 1.807) is 24.3 Å². The predicted octanol–water partition coefficient (Wildman–Crippen LogP) is 3.44. The quantitative estimate of drug-likeness (QED) is 0.760. The maximum absolute atomic E-state index is 9.46. The van der Waals surface area contributed by atoms with Gasteiger partial charge in [0.25, 0.3) is 0 Å². The van der Waals surface area contributed by atoms with Crippen LogP contribution in [0.2, 0.25) is 0 Å². The molecule has 0 spiro atoms. The van der Waals surface area contributed by atoms with E-state index in [0.29, 0.717) is 0 Å². The van der Waals surface area contributed by atoms with E-state index in [0.717, 1.165) is 36.2 Å². The predicted molar refractivity (Wildman–Crippen MR) is 84.4 cm³/mol. The third kappa shape index (κ3) is 2.04. The number of phenolic OH excluding ortho intramolecular Hbond substituents is 2. The lowest BCUT2D eigenvalue weighted by molar-refractivity contribution is 0.474. The summed E-state index contributed by atoms with van der Waals surface area (Å²) in [5.41, 5.74) is 5.50. The fourth-order valence-electron chi connectivity index (χ4n) is 3.10. The standard InChI is InChI=1S/C18H16N2O2/c21-14-8-4-12(5-9-14)18-16-2-1-3-17(16)20(19-18)13-6-10-15(22)11-7-13/h4-11,21-22H,1-3H2. The molecule has 1 aliphatic rings. The first kappa shape index (κ1) is 13.0. The van der Waals surface area contributed by atoms with Crippen molar-refractivity contribution in [3.63, 3.8) is 0 Å². The van der Waals surface area contributed by atoms with Crippen molar-refractivity contribution in [3.8, 4) is 28.4 Å². The molecule has 0 fully saturated rings. The molecule has 0 unspecified atom stereocenters. The monoisotopic (exact) mass is 292 g/mol. The van der Waals surface area contributed by atoms with Crippen LogP contribution in [0.25, 0.3) is 16.9 Å². The van der Waals surface area contributed by atoms with Crippen molar-refractivity contribution in [2.45, 2.75) is 19.3 Å². The zero-order valence-corrected chi connectivity index (χ0v) is 12.0. The summed E-state index contributed by atoms with van der Waals surface area (Å²) < 4.78 is 1.98. The van der Waals surface area contributed by atoms with Gasteiger partial charge in [0, 0.05) is 16.8 Å². The molecule has 0 saturated heterocycles. The fourth-order valence-corrected chi connectivity index (χ4v) is 3.10. The van der Waals surface area contributed by atoms with Gasteiger partial charge in [-0.05, 0) is 67.8 Å². The largest absolute Gasteiger partial charge is 0.508 e. The van der Waals surface area contributed by atoms with Crippen molar-refractivity contribution in [1.29, 1.82) is 0 Å². The summed E-state index contributed by atoms with van der Waals surface area (Å²) in [4.78, 5) is 0. The van der Waals surface area contributed by atoms with E-state index >= 15 is 0 Å². The number of phenols is 2. The zero-order valence-electron chi connectivity index (χ0n) is 12.0. The Morgan fingerprint density at radius 3 is 2.14 bits per heavy atom. The number of nitrogens with zero attached hydrogens (tertiary/aromatic N) is 2. The second kappa shape index (κ2) is 4.91. The molecule has 2 N–H and O–H groups in total. The number of aromatic nitrogens is 2. The highest BCUT2D eigenvalue weighted by atomic mass is 16.3. The Bertz CT molecular complexity index is 750. The summed E-state index contributed by atoms with van der Waals surface area (Å²) in [6.45, 7) is 0. The number of benzene rings is 2. The number of aromatic hydroxyl groups is 2. The van der Waals surface area contributed by atoms with Gasteiger partial charge in [-0.15, -0.1) is 0 Å². The molecule has 1 aliphatic carbocycles. The Kier molecular flexibility index (Phi) is 2.89. The smallest absolute Gasteiger partial charge is 0.115 e. The summed E-state index contributed by atoms with van der Waals surface area (Å²) in [7, 11) is 0. The molecule has 4 rings (SSSR count). The Hall–Kier alpha value is -2.75. The number of fused-ring (bicyclic) bond motifs is 1. The Labute approximate surface area is 128 Å². The molecule has 2 aromatic carbocycles. The van der Waals surface area contributed by atoms with E-state index in [2.05, 4.69) is 0 Å². The summed E-state index contributed by atoms with van der Waals surface area (Å²) >= 11 is 0.